The molecular formula is C14H18F2N2O. The van der Waals surface area contributed by atoms with Gasteiger partial charge in [0.1, 0.15) is 11.6 Å². The monoisotopic (exact) mass is 268 g/mol. The highest BCUT2D eigenvalue weighted by molar-refractivity contribution is 5.79. The maximum absolute atomic E-state index is 13.4. The Kier molecular flexibility index (Phi) is 4.47. The Morgan fingerprint density at radius 3 is 2.58 bits per heavy atom. The third kappa shape index (κ3) is 3.50. The molecule has 0 aliphatic heterocycles. The van der Waals surface area contributed by atoms with Gasteiger partial charge in [-0.1, -0.05) is 6.07 Å². The van der Waals surface area contributed by atoms with E-state index in [1.807, 2.05) is 0 Å². The lowest BCUT2D eigenvalue weighted by Crippen LogP contribution is -2.32. The van der Waals surface area contributed by atoms with Crippen molar-refractivity contribution >= 4 is 5.91 Å². The lowest BCUT2D eigenvalue weighted by Gasteiger charge is -2.11. The van der Waals surface area contributed by atoms with Crippen LogP contribution in [-0.4, -0.2) is 18.5 Å². The first-order valence-corrected chi connectivity index (χ1v) is 6.54. The summed E-state index contributed by atoms with van der Waals surface area (Å²) in [5.74, 6) is -1.26. The zero-order valence-corrected chi connectivity index (χ0v) is 10.7. The Hall–Kier alpha value is -1.49. The van der Waals surface area contributed by atoms with Crippen molar-refractivity contribution in [1.82, 2.24) is 5.32 Å². The Bertz CT molecular complexity index is 445. The molecule has 2 rings (SSSR count). The number of hydrogen-bond donors (Lipinski definition) is 2. The van der Waals surface area contributed by atoms with E-state index < -0.39 is 11.6 Å². The lowest BCUT2D eigenvalue weighted by atomic mass is 10.1. The number of amides is 1. The van der Waals surface area contributed by atoms with Crippen LogP contribution in [0, 0.1) is 17.6 Å². The quantitative estimate of drug-likeness (QED) is 0.874. The molecular weight excluding hydrogens is 250 g/mol. The maximum Gasteiger partial charge on any atom is 0.223 e. The summed E-state index contributed by atoms with van der Waals surface area (Å²) < 4.78 is 26.7. The van der Waals surface area contributed by atoms with Crippen LogP contribution in [0.25, 0.3) is 0 Å². The second kappa shape index (κ2) is 6.10. The van der Waals surface area contributed by atoms with Gasteiger partial charge < -0.3 is 11.1 Å². The zero-order chi connectivity index (χ0) is 13.8. The van der Waals surface area contributed by atoms with E-state index in [-0.39, 0.29) is 36.4 Å². The number of nitrogens with two attached hydrogens (primary N) is 1. The summed E-state index contributed by atoms with van der Waals surface area (Å²) in [5.41, 5.74) is 5.76. The molecule has 2 unspecified atom stereocenters. The van der Waals surface area contributed by atoms with Crippen molar-refractivity contribution in [3.8, 4) is 0 Å². The van der Waals surface area contributed by atoms with Gasteiger partial charge in [0.25, 0.3) is 0 Å². The molecule has 1 aliphatic rings. The van der Waals surface area contributed by atoms with Gasteiger partial charge in [0, 0.05) is 24.1 Å². The molecule has 0 heterocycles. The first-order chi connectivity index (χ1) is 9.08. The molecule has 104 valence electrons. The Balaban J connectivity index is 1.82. The fraction of sp³-hybridized carbons (Fsp3) is 0.500. The average molecular weight is 268 g/mol. The van der Waals surface area contributed by atoms with Gasteiger partial charge in [0.2, 0.25) is 5.91 Å². The van der Waals surface area contributed by atoms with Crippen LogP contribution in [0.5, 0.6) is 0 Å². The second-order valence-electron chi connectivity index (χ2n) is 5.01. The van der Waals surface area contributed by atoms with Crippen LogP contribution >= 0.6 is 0 Å². The van der Waals surface area contributed by atoms with E-state index in [4.69, 9.17) is 5.73 Å². The summed E-state index contributed by atoms with van der Waals surface area (Å²) in [7, 11) is 0. The minimum atomic E-state index is -0.572. The molecule has 0 saturated heterocycles. The van der Waals surface area contributed by atoms with Crippen LogP contribution in [0.1, 0.15) is 24.8 Å². The van der Waals surface area contributed by atoms with Crippen molar-refractivity contribution in [3.05, 3.63) is 35.4 Å². The third-order valence-electron chi connectivity index (χ3n) is 3.58. The van der Waals surface area contributed by atoms with Gasteiger partial charge in [-0.05, 0) is 37.8 Å². The van der Waals surface area contributed by atoms with Gasteiger partial charge in [-0.15, -0.1) is 0 Å². The summed E-state index contributed by atoms with van der Waals surface area (Å²) in [6.45, 7) is 0.239. The summed E-state index contributed by atoms with van der Waals surface area (Å²) >= 11 is 0. The molecule has 5 heteroatoms. The van der Waals surface area contributed by atoms with Crippen molar-refractivity contribution in [2.24, 2.45) is 11.7 Å². The fourth-order valence-corrected chi connectivity index (χ4v) is 2.48. The number of rotatable bonds is 4. The third-order valence-corrected chi connectivity index (χ3v) is 3.58. The molecule has 19 heavy (non-hydrogen) atoms. The van der Waals surface area contributed by atoms with Gasteiger partial charge in [-0.3, -0.25) is 4.79 Å². The van der Waals surface area contributed by atoms with E-state index in [1.54, 1.807) is 0 Å². The van der Waals surface area contributed by atoms with E-state index in [0.717, 1.165) is 12.8 Å². The molecule has 0 aromatic heterocycles. The van der Waals surface area contributed by atoms with Crippen molar-refractivity contribution in [2.75, 3.05) is 6.54 Å². The highest BCUT2D eigenvalue weighted by atomic mass is 19.1. The maximum atomic E-state index is 13.4. The molecule has 1 fully saturated rings. The number of halogens is 2. The molecule has 0 radical (unpaired) electrons. The molecule has 1 saturated carbocycles. The number of carbonyl (C=O) groups is 1. The fourth-order valence-electron chi connectivity index (χ4n) is 2.48. The van der Waals surface area contributed by atoms with Crippen LogP contribution in [0.4, 0.5) is 8.78 Å². The van der Waals surface area contributed by atoms with Crippen LogP contribution in [0.15, 0.2) is 18.2 Å². The van der Waals surface area contributed by atoms with E-state index in [2.05, 4.69) is 5.32 Å². The van der Waals surface area contributed by atoms with Crippen molar-refractivity contribution < 1.29 is 13.6 Å². The van der Waals surface area contributed by atoms with Gasteiger partial charge in [-0.25, -0.2) is 8.78 Å². The Morgan fingerprint density at radius 1 is 1.32 bits per heavy atom. The molecule has 1 aliphatic carbocycles. The predicted molar refractivity (Wildman–Crippen MR) is 68.4 cm³/mol. The summed E-state index contributed by atoms with van der Waals surface area (Å²) in [5, 5.41) is 2.72. The predicted octanol–water partition coefficient (Wildman–Crippen LogP) is 1.75. The van der Waals surface area contributed by atoms with Gasteiger partial charge in [0.15, 0.2) is 0 Å². The first kappa shape index (κ1) is 13.9. The summed E-state index contributed by atoms with van der Waals surface area (Å²) in [6, 6.07) is 3.86. The SMILES string of the molecule is NC1CCC(C(=O)NCCc2c(F)cccc2F)C1. The average Bonchev–Trinajstić information content (AvgIpc) is 2.79. The van der Waals surface area contributed by atoms with E-state index >= 15 is 0 Å². The minimum absolute atomic E-state index is 0.0194. The number of nitrogens with one attached hydrogen (secondary N) is 1. The van der Waals surface area contributed by atoms with Gasteiger partial charge in [0.05, 0.1) is 0 Å². The Morgan fingerprint density at radius 2 is 2.00 bits per heavy atom. The van der Waals surface area contributed by atoms with Crippen LogP contribution in [-0.2, 0) is 11.2 Å². The van der Waals surface area contributed by atoms with Gasteiger partial charge in [-0.2, -0.15) is 0 Å². The first-order valence-electron chi connectivity index (χ1n) is 6.54. The highest BCUT2D eigenvalue weighted by Crippen LogP contribution is 2.24. The van der Waals surface area contributed by atoms with Crippen molar-refractivity contribution in [2.45, 2.75) is 31.7 Å². The highest BCUT2D eigenvalue weighted by Gasteiger charge is 2.27. The second-order valence-corrected chi connectivity index (χ2v) is 5.01. The number of carbonyl (C=O) groups excluding carboxylic acids is 1. The normalized spacial score (nSPS) is 22.5. The van der Waals surface area contributed by atoms with Crippen molar-refractivity contribution in [3.63, 3.8) is 0 Å². The van der Waals surface area contributed by atoms with Crippen LogP contribution in [0.3, 0.4) is 0 Å². The molecule has 1 aromatic rings. The molecule has 1 aromatic carbocycles. The molecule has 1 amide bonds. The van der Waals surface area contributed by atoms with E-state index in [1.165, 1.54) is 18.2 Å². The molecule has 0 bridgehead atoms. The lowest BCUT2D eigenvalue weighted by molar-refractivity contribution is -0.124. The summed E-state index contributed by atoms with van der Waals surface area (Å²) in [4.78, 5) is 11.8. The topological polar surface area (TPSA) is 55.1 Å². The zero-order valence-electron chi connectivity index (χ0n) is 10.7. The van der Waals surface area contributed by atoms with Gasteiger partial charge >= 0.3 is 0 Å². The molecule has 3 nitrogen and oxygen atoms in total. The van der Waals surface area contributed by atoms with Crippen LogP contribution in [0.2, 0.25) is 0 Å². The standard InChI is InChI=1S/C14H18F2N2O/c15-12-2-1-3-13(16)11(12)6-7-18-14(19)9-4-5-10(17)8-9/h1-3,9-10H,4-8,17H2,(H,18,19). The van der Waals surface area contributed by atoms with Crippen LogP contribution < -0.4 is 11.1 Å². The smallest absolute Gasteiger partial charge is 0.223 e. The number of hydrogen-bond acceptors (Lipinski definition) is 2. The number of benzene rings is 1. The molecule has 2 atom stereocenters. The van der Waals surface area contributed by atoms with E-state index in [0.29, 0.717) is 6.42 Å². The summed E-state index contributed by atoms with van der Waals surface area (Å²) in [6.07, 6.45) is 2.50. The Labute approximate surface area is 111 Å². The minimum Gasteiger partial charge on any atom is -0.356 e. The molecule has 0 spiro atoms. The van der Waals surface area contributed by atoms with Crippen molar-refractivity contribution in [1.29, 1.82) is 0 Å². The largest absolute Gasteiger partial charge is 0.356 e. The van der Waals surface area contributed by atoms with E-state index in [9.17, 15) is 13.6 Å². The molecule has 3 N–H and O–H groups in total.